The van der Waals surface area contributed by atoms with Gasteiger partial charge in [0.1, 0.15) is 5.75 Å². The smallest absolute Gasteiger partial charge is 0.257 e. The van der Waals surface area contributed by atoms with Gasteiger partial charge in [0.15, 0.2) is 0 Å². The SMILES string of the molecule is COc1ccc(Br)cc1C(=O)N1CCCC1CO. The number of rotatable bonds is 3. The summed E-state index contributed by atoms with van der Waals surface area (Å²) < 4.78 is 6.06. The molecule has 1 saturated heterocycles. The van der Waals surface area contributed by atoms with Crippen LogP contribution < -0.4 is 4.74 Å². The Hall–Kier alpha value is -1.07. The molecule has 18 heavy (non-hydrogen) atoms. The molecule has 4 nitrogen and oxygen atoms in total. The third kappa shape index (κ3) is 2.52. The second kappa shape index (κ2) is 5.71. The number of carbonyl (C=O) groups excluding carboxylic acids is 1. The third-order valence-corrected chi connectivity index (χ3v) is 3.73. The summed E-state index contributed by atoms with van der Waals surface area (Å²) in [5.74, 6) is 0.483. The van der Waals surface area contributed by atoms with E-state index in [1.54, 1.807) is 24.1 Å². The van der Waals surface area contributed by atoms with Gasteiger partial charge in [0, 0.05) is 11.0 Å². The van der Waals surface area contributed by atoms with E-state index in [0.29, 0.717) is 17.9 Å². The number of likely N-dealkylation sites (tertiary alicyclic amines) is 1. The minimum atomic E-state index is -0.0790. The standard InChI is InChI=1S/C13H16BrNO3/c1-18-12-5-4-9(14)7-11(12)13(17)15-6-2-3-10(15)8-16/h4-5,7,10,16H,2-3,6,8H2,1H3. The van der Waals surface area contributed by atoms with Crippen LogP contribution in [0.25, 0.3) is 0 Å². The van der Waals surface area contributed by atoms with E-state index in [4.69, 9.17) is 4.74 Å². The maximum atomic E-state index is 12.5. The Labute approximate surface area is 115 Å². The van der Waals surface area contributed by atoms with Crippen LogP contribution in [0.2, 0.25) is 0 Å². The van der Waals surface area contributed by atoms with Crippen LogP contribution >= 0.6 is 15.9 Å². The number of benzene rings is 1. The van der Waals surface area contributed by atoms with E-state index >= 15 is 0 Å². The van der Waals surface area contributed by atoms with Gasteiger partial charge in [0.2, 0.25) is 0 Å². The lowest BCUT2D eigenvalue weighted by atomic mass is 10.1. The fourth-order valence-corrected chi connectivity index (χ4v) is 2.66. The van der Waals surface area contributed by atoms with Gasteiger partial charge in [-0.15, -0.1) is 0 Å². The second-order valence-electron chi connectivity index (χ2n) is 4.32. The first-order valence-electron chi connectivity index (χ1n) is 5.92. The van der Waals surface area contributed by atoms with Crippen molar-refractivity contribution in [2.75, 3.05) is 20.3 Å². The molecule has 1 unspecified atom stereocenters. The summed E-state index contributed by atoms with van der Waals surface area (Å²) in [5.41, 5.74) is 0.534. The topological polar surface area (TPSA) is 49.8 Å². The zero-order valence-corrected chi connectivity index (χ0v) is 11.8. The van der Waals surface area contributed by atoms with Crippen molar-refractivity contribution in [1.82, 2.24) is 4.90 Å². The van der Waals surface area contributed by atoms with Gasteiger partial charge < -0.3 is 14.7 Å². The molecule has 1 aliphatic rings. The van der Waals surface area contributed by atoms with E-state index in [1.807, 2.05) is 6.07 Å². The molecule has 1 heterocycles. The summed E-state index contributed by atoms with van der Waals surface area (Å²) in [4.78, 5) is 14.2. The Morgan fingerprint density at radius 2 is 2.39 bits per heavy atom. The average molecular weight is 314 g/mol. The quantitative estimate of drug-likeness (QED) is 0.929. The summed E-state index contributed by atoms with van der Waals surface area (Å²) in [6, 6.07) is 5.29. The van der Waals surface area contributed by atoms with Crippen molar-refractivity contribution in [3.05, 3.63) is 28.2 Å². The molecule has 1 fully saturated rings. The molecule has 1 aromatic carbocycles. The van der Waals surface area contributed by atoms with Crippen LogP contribution in [-0.2, 0) is 0 Å². The van der Waals surface area contributed by atoms with Crippen molar-refractivity contribution in [3.8, 4) is 5.75 Å². The Morgan fingerprint density at radius 1 is 1.61 bits per heavy atom. The fraction of sp³-hybridized carbons (Fsp3) is 0.462. The summed E-state index contributed by atoms with van der Waals surface area (Å²) in [6.07, 6.45) is 1.80. The Balaban J connectivity index is 2.30. The van der Waals surface area contributed by atoms with Gasteiger partial charge in [-0.05, 0) is 31.0 Å². The van der Waals surface area contributed by atoms with Crippen molar-refractivity contribution in [3.63, 3.8) is 0 Å². The summed E-state index contributed by atoms with van der Waals surface area (Å²) in [7, 11) is 1.55. The molecular weight excluding hydrogens is 298 g/mol. The summed E-state index contributed by atoms with van der Waals surface area (Å²) in [5, 5.41) is 9.28. The molecule has 5 heteroatoms. The zero-order chi connectivity index (χ0) is 13.1. The number of ether oxygens (including phenoxy) is 1. The van der Waals surface area contributed by atoms with Crippen molar-refractivity contribution >= 4 is 21.8 Å². The van der Waals surface area contributed by atoms with Crippen LogP contribution in [-0.4, -0.2) is 42.2 Å². The largest absolute Gasteiger partial charge is 0.496 e. The number of aliphatic hydroxyl groups is 1. The molecule has 1 amide bonds. The van der Waals surface area contributed by atoms with E-state index < -0.39 is 0 Å². The molecule has 0 radical (unpaired) electrons. The van der Waals surface area contributed by atoms with Crippen LogP contribution in [0.15, 0.2) is 22.7 Å². The molecule has 1 aromatic rings. The van der Waals surface area contributed by atoms with E-state index in [0.717, 1.165) is 17.3 Å². The van der Waals surface area contributed by atoms with Crippen molar-refractivity contribution in [1.29, 1.82) is 0 Å². The van der Waals surface area contributed by atoms with E-state index in [2.05, 4.69) is 15.9 Å². The molecule has 0 aliphatic carbocycles. The first-order valence-corrected chi connectivity index (χ1v) is 6.72. The van der Waals surface area contributed by atoms with Crippen molar-refractivity contribution in [2.24, 2.45) is 0 Å². The number of aliphatic hydroxyl groups excluding tert-OH is 1. The Bertz CT molecular complexity index is 450. The number of hydrogen-bond donors (Lipinski definition) is 1. The maximum absolute atomic E-state index is 12.5. The van der Waals surface area contributed by atoms with Gasteiger partial charge in [-0.2, -0.15) is 0 Å². The molecule has 1 atom stereocenters. The number of nitrogens with zero attached hydrogens (tertiary/aromatic N) is 1. The van der Waals surface area contributed by atoms with E-state index in [9.17, 15) is 9.90 Å². The lowest BCUT2D eigenvalue weighted by Gasteiger charge is -2.24. The maximum Gasteiger partial charge on any atom is 0.257 e. The number of amides is 1. The normalized spacial score (nSPS) is 19.1. The Morgan fingerprint density at radius 3 is 3.06 bits per heavy atom. The zero-order valence-electron chi connectivity index (χ0n) is 10.2. The molecule has 1 N–H and O–H groups in total. The Kier molecular flexibility index (Phi) is 4.24. The molecular formula is C13H16BrNO3. The van der Waals surface area contributed by atoms with Crippen LogP contribution in [0.1, 0.15) is 23.2 Å². The van der Waals surface area contributed by atoms with Crippen molar-refractivity contribution < 1.29 is 14.6 Å². The molecule has 0 aromatic heterocycles. The minimum Gasteiger partial charge on any atom is -0.496 e. The number of hydrogen-bond acceptors (Lipinski definition) is 3. The number of methoxy groups -OCH3 is 1. The van der Waals surface area contributed by atoms with E-state index in [1.165, 1.54) is 0 Å². The van der Waals surface area contributed by atoms with Crippen LogP contribution in [0.3, 0.4) is 0 Å². The van der Waals surface area contributed by atoms with E-state index in [-0.39, 0.29) is 18.6 Å². The van der Waals surface area contributed by atoms with Gasteiger partial charge in [0.25, 0.3) is 5.91 Å². The molecule has 0 bridgehead atoms. The highest BCUT2D eigenvalue weighted by Crippen LogP contribution is 2.27. The van der Waals surface area contributed by atoms with Crippen LogP contribution in [0, 0.1) is 0 Å². The molecule has 2 rings (SSSR count). The first kappa shape index (κ1) is 13.4. The molecule has 1 aliphatic heterocycles. The molecule has 0 spiro atoms. The summed E-state index contributed by atoms with van der Waals surface area (Å²) in [6.45, 7) is 0.710. The van der Waals surface area contributed by atoms with Gasteiger partial charge >= 0.3 is 0 Å². The van der Waals surface area contributed by atoms with Crippen LogP contribution in [0.4, 0.5) is 0 Å². The van der Waals surface area contributed by atoms with Gasteiger partial charge in [0.05, 0.1) is 25.3 Å². The highest BCUT2D eigenvalue weighted by Gasteiger charge is 2.30. The fourth-order valence-electron chi connectivity index (χ4n) is 2.29. The third-order valence-electron chi connectivity index (χ3n) is 3.24. The summed E-state index contributed by atoms with van der Waals surface area (Å²) >= 11 is 3.36. The van der Waals surface area contributed by atoms with Gasteiger partial charge in [-0.3, -0.25) is 4.79 Å². The second-order valence-corrected chi connectivity index (χ2v) is 5.24. The predicted molar refractivity (Wildman–Crippen MR) is 71.8 cm³/mol. The lowest BCUT2D eigenvalue weighted by Crippen LogP contribution is -2.37. The molecule has 98 valence electrons. The number of halogens is 1. The van der Waals surface area contributed by atoms with Crippen LogP contribution in [0.5, 0.6) is 5.75 Å². The monoisotopic (exact) mass is 313 g/mol. The lowest BCUT2D eigenvalue weighted by molar-refractivity contribution is 0.0674. The first-order chi connectivity index (χ1) is 8.67. The highest BCUT2D eigenvalue weighted by atomic mass is 79.9. The average Bonchev–Trinajstić information content (AvgIpc) is 2.86. The predicted octanol–water partition coefficient (Wildman–Crippen LogP) is 2.05. The van der Waals surface area contributed by atoms with Gasteiger partial charge in [-0.1, -0.05) is 15.9 Å². The van der Waals surface area contributed by atoms with Crippen molar-refractivity contribution in [2.45, 2.75) is 18.9 Å². The molecule has 0 saturated carbocycles. The van der Waals surface area contributed by atoms with Gasteiger partial charge in [-0.25, -0.2) is 0 Å². The minimum absolute atomic E-state index is 0.0159. The highest BCUT2D eigenvalue weighted by molar-refractivity contribution is 9.10. The number of carbonyl (C=O) groups is 1.